The van der Waals surface area contributed by atoms with Gasteiger partial charge < -0.3 is 0 Å². The van der Waals surface area contributed by atoms with Crippen LogP contribution in [0, 0.1) is 0 Å². The largest absolute Gasteiger partial charge is 0.213 e. The van der Waals surface area contributed by atoms with E-state index in [9.17, 15) is 0 Å². The third-order valence-electron chi connectivity index (χ3n) is 4.65. The Hall–Kier alpha value is -2.55. The number of hydrogen-bond acceptors (Lipinski definition) is 3. The van der Waals surface area contributed by atoms with Gasteiger partial charge in [-0.25, -0.2) is 15.0 Å². The zero-order chi connectivity index (χ0) is 18.2. The highest BCUT2D eigenvalue weighted by Crippen LogP contribution is 2.25. The number of hydrogen-bond donors (Lipinski definition) is 0. The van der Waals surface area contributed by atoms with Gasteiger partial charge in [0.1, 0.15) is 5.82 Å². The van der Waals surface area contributed by atoms with Crippen molar-refractivity contribution < 1.29 is 0 Å². The molecule has 3 aromatic rings. The minimum absolute atomic E-state index is 0.333. The van der Waals surface area contributed by atoms with Crippen molar-refractivity contribution in [1.82, 2.24) is 15.0 Å². The Morgan fingerprint density at radius 1 is 0.692 bits per heavy atom. The van der Waals surface area contributed by atoms with Gasteiger partial charge in [-0.1, -0.05) is 100 Å². The number of nitrogens with zero attached hydrogens (tertiary/aromatic N) is 3. The summed E-state index contributed by atoms with van der Waals surface area (Å²) in [5.41, 5.74) is 2.07. The van der Waals surface area contributed by atoms with Crippen molar-refractivity contribution in [3.8, 4) is 22.8 Å². The van der Waals surface area contributed by atoms with Gasteiger partial charge in [0, 0.05) is 17.0 Å². The van der Waals surface area contributed by atoms with Crippen molar-refractivity contribution in [2.75, 3.05) is 0 Å². The average Bonchev–Trinajstić information content (AvgIpc) is 2.72. The summed E-state index contributed by atoms with van der Waals surface area (Å²) in [7, 11) is 0. The summed E-state index contributed by atoms with van der Waals surface area (Å²) in [5, 5.41) is 0. The molecule has 0 fully saturated rings. The van der Waals surface area contributed by atoms with Gasteiger partial charge >= 0.3 is 0 Å². The van der Waals surface area contributed by atoms with Crippen molar-refractivity contribution in [2.45, 2.75) is 51.9 Å². The SMILES string of the molecule is CCCCCCC(C)c1nc(-c2ccccc2)nc(-c2ccccc2)n1. The highest BCUT2D eigenvalue weighted by molar-refractivity contribution is 5.60. The summed E-state index contributed by atoms with van der Waals surface area (Å²) in [6, 6.07) is 20.3. The van der Waals surface area contributed by atoms with Crippen LogP contribution in [0.5, 0.6) is 0 Å². The highest BCUT2D eigenvalue weighted by atomic mass is 15.0. The van der Waals surface area contributed by atoms with E-state index in [0.717, 1.165) is 35.0 Å². The molecule has 1 unspecified atom stereocenters. The molecular weight excluding hydrogens is 318 g/mol. The summed E-state index contributed by atoms with van der Waals surface area (Å²) in [6.07, 6.45) is 6.18. The van der Waals surface area contributed by atoms with Crippen LogP contribution in [0.1, 0.15) is 57.7 Å². The van der Waals surface area contributed by atoms with Gasteiger partial charge in [-0.3, -0.25) is 0 Å². The third-order valence-corrected chi connectivity index (χ3v) is 4.65. The van der Waals surface area contributed by atoms with Crippen LogP contribution < -0.4 is 0 Å². The molecule has 0 aliphatic rings. The van der Waals surface area contributed by atoms with Crippen LogP contribution in [0.15, 0.2) is 60.7 Å². The summed E-state index contributed by atoms with van der Waals surface area (Å²) >= 11 is 0. The zero-order valence-electron chi connectivity index (χ0n) is 15.7. The quantitative estimate of drug-likeness (QED) is 0.451. The molecule has 1 heterocycles. The molecule has 0 bridgehead atoms. The second kappa shape index (κ2) is 9.23. The maximum absolute atomic E-state index is 4.81. The minimum Gasteiger partial charge on any atom is -0.213 e. The Kier molecular flexibility index (Phi) is 6.48. The van der Waals surface area contributed by atoms with E-state index in [0.29, 0.717) is 5.92 Å². The fourth-order valence-electron chi connectivity index (χ4n) is 3.05. The first-order valence-electron chi connectivity index (χ1n) is 9.64. The van der Waals surface area contributed by atoms with E-state index in [1.54, 1.807) is 0 Å². The molecule has 0 saturated carbocycles. The van der Waals surface area contributed by atoms with Crippen molar-refractivity contribution in [3.05, 3.63) is 66.5 Å². The van der Waals surface area contributed by atoms with Gasteiger partial charge in [0.15, 0.2) is 11.6 Å². The molecule has 1 aromatic heterocycles. The minimum atomic E-state index is 0.333. The molecule has 0 N–H and O–H groups in total. The van der Waals surface area contributed by atoms with E-state index < -0.39 is 0 Å². The Bertz CT molecular complexity index is 742. The number of unbranched alkanes of at least 4 members (excludes halogenated alkanes) is 3. The Morgan fingerprint density at radius 3 is 1.73 bits per heavy atom. The molecule has 1 atom stereocenters. The van der Waals surface area contributed by atoms with Gasteiger partial charge in [-0.05, 0) is 6.42 Å². The van der Waals surface area contributed by atoms with Crippen LogP contribution in [-0.4, -0.2) is 15.0 Å². The van der Waals surface area contributed by atoms with E-state index in [4.69, 9.17) is 15.0 Å². The Labute approximate surface area is 156 Å². The van der Waals surface area contributed by atoms with Gasteiger partial charge in [-0.2, -0.15) is 0 Å². The van der Waals surface area contributed by atoms with Gasteiger partial charge in [0.05, 0.1) is 0 Å². The van der Waals surface area contributed by atoms with Crippen molar-refractivity contribution in [2.24, 2.45) is 0 Å². The third kappa shape index (κ3) is 4.75. The van der Waals surface area contributed by atoms with E-state index >= 15 is 0 Å². The second-order valence-electron chi connectivity index (χ2n) is 6.82. The maximum atomic E-state index is 4.81. The molecule has 0 radical (unpaired) electrons. The predicted octanol–water partition coefficient (Wildman–Crippen LogP) is 6.28. The molecule has 26 heavy (non-hydrogen) atoms. The van der Waals surface area contributed by atoms with Crippen LogP contribution in [0.4, 0.5) is 0 Å². The van der Waals surface area contributed by atoms with Crippen LogP contribution in [-0.2, 0) is 0 Å². The smallest absolute Gasteiger partial charge is 0.163 e. The number of rotatable bonds is 8. The second-order valence-corrected chi connectivity index (χ2v) is 6.82. The zero-order valence-corrected chi connectivity index (χ0v) is 15.7. The molecule has 0 amide bonds. The molecule has 3 nitrogen and oxygen atoms in total. The topological polar surface area (TPSA) is 38.7 Å². The van der Waals surface area contributed by atoms with Gasteiger partial charge in [0.25, 0.3) is 0 Å². The van der Waals surface area contributed by atoms with E-state index in [1.165, 1.54) is 25.7 Å². The van der Waals surface area contributed by atoms with E-state index in [1.807, 2.05) is 36.4 Å². The van der Waals surface area contributed by atoms with Crippen LogP contribution in [0.2, 0.25) is 0 Å². The van der Waals surface area contributed by atoms with Gasteiger partial charge in [0.2, 0.25) is 0 Å². The number of aromatic nitrogens is 3. The first kappa shape index (κ1) is 18.2. The molecule has 0 saturated heterocycles. The summed E-state index contributed by atoms with van der Waals surface area (Å²) in [5.74, 6) is 2.75. The average molecular weight is 345 g/mol. The van der Waals surface area contributed by atoms with Crippen molar-refractivity contribution in [3.63, 3.8) is 0 Å². The van der Waals surface area contributed by atoms with Crippen LogP contribution in [0.25, 0.3) is 22.8 Å². The summed E-state index contributed by atoms with van der Waals surface area (Å²) in [6.45, 7) is 4.47. The molecule has 0 aliphatic carbocycles. The lowest BCUT2D eigenvalue weighted by atomic mass is 10.0. The van der Waals surface area contributed by atoms with Crippen molar-refractivity contribution in [1.29, 1.82) is 0 Å². The molecule has 0 aliphatic heterocycles. The van der Waals surface area contributed by atoms with Crippen molar-refractivity contribution >= 4 is 0 Å². The van der Waals surface area contributed by atoms with E-state index in [2.05, 4.69) is 38.1 Å². The fraction of sp³-hybridized carbons (Fsp3) is 0.348. The Balaban J connectivity index is 1.93. The number of benzene rings is 2. The molecule has 0 spiro atoms. The van der Waals surface area contributed by atoms with Gasteiger partial charge in [-0.15, -0.1) is 0 Å². The van der Waals surface area contributed by atoms with Crippen LogP contribution in [0.3, 0.4) is 0 Å². The maximum Gasteiger partial charge on any atom is 0.163 e. The lowest BCUT2D eigenvalue weighted by molar-refractivity contribution is 0.561. The fourth-order valence-corrected chi connectivity index (χ4v) is 3.05. The normalized spacial score (nSPS) is 12.1. The lowest BCUT2D eigenvalue weighted by Gasteiger charge is -2.13. The highest BCUT2D eigenvalue weighted by Gasteiger charge is 2.15. The molecular formula is C23H27N3. The molecule has 134 valence electrons. The van der Waals surface area contributed by atoms with E-state index in [-0.39, 0.29) is 0 Å². The Morgan fingerprint density at radius 2 is 1.23 bits per heavy atom. The molecule has 2 aromatic carbocycles. The summed E-state index contributed by atoms with van der Waals surface area (Å²) in [4.78, 5) is 14.4. The predicted molar refractivity (Wildman–Crippen MR) is 108 cm³/mol. The monoisotopic (exact) mass is 345 g/mol. The molecule has 3 rings (SSSR count). The molecule has 3 heteroatoms. The first-order valence-corrected chi connectivity index (χ1v) is 9.64. The van der Waals surface area contributed by atoms with Crippen LogP contribution >= 0.6 is 0 Å². The summed E-state index contributed by atoms with van der Waals surface area (Å²) < 4.78 is 0. The standard InChI is InChI=1S/C23H27N3/c1-3-4-5-8-13-18(2)21-24-22(19-14-9-6-10-15-19)26-23(25-21)20-16-11-7-12-17-20/h6-7,9-12,14-18H,3-5,8,13H2,1-2H3. The first-order chi connectivity index (χ1) is 12.8. The lowest BCUT2D eigenvalue weighted by Crippen LogP contribution is -2.06.